The lowest BCUT2D eigenvalue weighted by Crippen LogP contribution is -2.19. The molecule has 0 unspecified atom stereocenters. The van der Waals surface area contributed by atoms with Crippen molar-refractivity contribution in [3.63, 3.8) is 0 Å². The van der Waals surface area contributed by atoms with E-state index in [0.717, 1.165) is 10.0 Å². The first-order chi connectivity index (χ1) is 8.40. The van der Waals surface area contributed by atoms with Gasteiger partial charge < -0.3 is 15.2 Å². The predicted molar refractivity (Wildman–Crippen MR) is 73.5 cm³/mol. The van der Waals surface area contributed by atoms with E-state index in [1.807, 2.05) is 19.1 Å². The SMILES string of the molecule is CC(C)OC(=O)COc1ccc(Br)cc1[C@@H](C)N. The van der Waals surface area contributed by atoms with Crippen molar-refractivity contribution in [1.82, 2.24) is 0 Å². The normalized spacial score (nSPS) is 12.3. The van der Waals surface area contributed by atoms with Crippen molar-refractivity contribution >= 4 is 21.9 Å². The number of esters is 1. The summed E-state index contributed by atoms with van der Waals surface area (Å²) in [6.07, 6.45) is -0.140. The molecule has 0 saturated heterocycles. The zero-order valence-electron chi connectivity index (χ0n) is 10.8. The Morgan fingerprint density at radius 2 is 2.06 bits per heavy atom. The van der Waals surface area contributed by atoms with E-state index < -0.39 is 0 Å². The topological polar surface area (TPSA) is 61.5 Å². The van der Waals surface area contributed by atoms with Crippen LogP contribution in [0.15, 0.2) is 22.7 Å². The average molecular weight is 316 g/mol. The highest BCUT2D eigenvalue weighted by atomic mass is 79.9. The fourth-order valence-electron chi connectivity index (χ4n) is 1.44. The first-order valence-electron chi connectivity index (χ1n) is 5.77. The van der Waals surface area contributed by atoms with Crippen LogP contribution >= 0.6 is 15.9 Å². The van der Waals surface area contributed by atoms with Gasteiger partial charge in [0.2, 0.25) is 0 Å². The number of ether oxygens (including phenoxy) is 2. The number of hydrogen-bond acceptors (Lipinski definition) is 4. The third-order valence-corrected chi connectivity index (χ3v) is 2.67. The van der Waals surface area contributed by atoms with Crippen molar-refractivity contribution in [3.8, 4) is 5.75 Å². The third kappa shape index (κ3) is 4.66. The molecule has 0 saturated carbocycles. The second-order valence-electron chi connectivity index (χ2n) is 4.30. The highest BCUT2D eigenvalue weighted by Gasteiger charge is 2.12. The number of carbonyl (C=O) groups excluding carboxylic acids is 1. The van der Waals surface area contributed by atoms with Crippen molar-refractivity contribution in [2.24, 2.45) is 5.73 Å². The molecule has 0 aliphatic carbocycles. The third-order valence-electron chi connectivity index (χ3n) is 2.18. The molecular formula is C13H18BrNO3. The molecular weight excluding hydrogens is 298 g/mol. The summed E-state index contributed by atoms with van der Waals surface area (Å²) in [5, 5.41) is 0. The fourth-order valence-corrected chi connectivity index (χ4v) is 1.82. The van der Waals surface area contributed by atoms with E-state index in [1.165, 1.54) is 0 Å². The first-order valence-corrected chi connectivity index (χ1v) is 6.56. The Morgan fingerprint density at radius 1 is 1.39 bits per heavy atom. The van der Waals surface area contributed by atoms with Gasteiger partial charge in [-0.05, 0) is 39.0 Å². The van der Waals surface area contributed by atoms with E-state index in [-0.39, 0.29) is 24.7 Å². The molecule has 2 N–H and O–H groups in total. The largest absolute Gasteiger partial charge is 0.482 e. The Hall–Kier alpha value is -1.07. The Morgan fingerprint density at radius 3 is 2.61 bits per heavy atom. The maximum atomic E-state index is 11.4. The van der Waals surface area contributed by atoms with Crippen LogP contribution in [0.3, 0.4) is 0 Å². The van der Waals surface area contributed by atoms with Gasteiger partial charge in [-0.15, -0.1) is 0 Å². The lowest BCUT2D eigenvalue weighted by molar-refractivity contribution is -0.149. The van der Waals surface area contributed by atoms with E-state index in [2.05, 4.69) is 15.9 Å². The summed E-state index contributed by atoms with van der Waals surface area (Å²) >= 11 is 3.37. The van der Waals surface area contributed by atoms with Gasteiger partial charge >= 0.3 is 5.97 Å². The summed E-state index contributed by atoms with van der Waals surface area (Å²) in [5.74, 6) is 0.220. The van der Waals surface area contributed by atoms with E-state index in [0.29, 0.717) is 5.75 Å². The van der Waals surface area contributed by atoms with Crippen molar-refractivity contribution < 1.29 is 14.3 Å². The number of rotatable bonds is 5. The Kier molecular flexibility index (Phi) is 5.62. The summed E-state index contributed by atoms with van der Waals surface area (Å²) < 4.78 is 11.4. The number of benzene rings is 1. The average Bonchev–Trinajstić information content (AvgIpc) is 2.26. The molecule has 4 nitrogen and oxygen atoms in total. The monoisotopic (exact) mass is 315 g/mol. The Bertz CT molecular complexity index is 419. The van der Waals surface area contributed by atoms with Crippen LogP contribution in [-0.2, 0) is 9.53 Å². The highest BCUT2D eigenvalue weighted by molar-refractivity contribution is 9.10. The van der Waals surface area contributed by atoms with Crippen molar-refractivity contribution in [2.45, 2.75) is 32.9 Å². The van der Waals surface area contributed by atoms with Crippen LogP contribution in [0.25, 0.3) is 0 Å². The van der Waals surface area contributed by atoms with Crippen molar-refractivity contribution in [1.29, 1.82) is 0 Å². The molecule has 0 fully saturated rings. The molecule has 0 aliphatic heterocycles. The summed E-state index contributed by atoms with van der Waals surface area (Å²) in [5.41, 5.74) is 6.70. The smallest absolute Gasteiger partial charge is 0.344 e. The van der Waals surface area contributed by atoms with Gasteiger partial charge in [0.15, 0.2) is 6.61 Å². The molecule has 0 amide bonds. The van der Waals surface area contributed by atoms with Gasteiger partial charge in [-0.2, -0.15) is 0 Å². The van der Waals surface area contributed by atoms with Crippen LogP contribution in [0.1, 0.15) is 32.4 Å². The van der Waals surface area contributed by atoms with Gasteiger partial charge in [0, 0.05) is 16.1 Å². The molecule has 0 bridgehead atoms. The molecule has 100 valence electrons. The zero-order valence-corrected chi connectivity index (χ0v) is 12.4. The van der Waals surface area contributed by atoms with Gasteiger partial charge in [-0.3, -0.25) is 0 Å². The lowest BCUT2D eigenvalue weighted by atomic mass is 10.1. The fraction of sp³-hybridized carbons (Fsp3) is 0.462. The van der Waals surface area contributed by atoms with Crippen LogP contribution in [0, 0.1) is 0 Å². The van der Waals surface area contributed by atoms with E-state index in [1.54, 1.807) is 19.9 Å². The number of nitrogens with two attached hydrogens (primary N) is 1. The van der Waals surface area contributed by atoms with Gasteiger partial charge in [0.05, 0.1) is 6.10 Å². The minimum atomic E-state index is -0.386. The van der Waals surface area contributed by atoms with E-state index in [9.17, 15) is 4.79 Å². The molecule has 0 spiro atoms. The molecule has 18 heavy (non-hydrogen) atoms. The number of hydrogen-bond donors (Lipinski definition) is 1. The van der Waals surface area contributed by atoms with Crippen LogP contribution in [0.5, 0.6) is 5.75 Å². The van der Waals surface area contributed by atoms with E-state index >= 15 is 0 Å². The summed E-state index contributed by atoms with van der Waals surface area (Å²) in [4.78, 5) is 11.4. The number of carbonyl (C=O) groups is 1. The molecule has 1 atom stereocenters. The molecule has 0 radical (unpaired) electrons. The summed E-state index contributed by atoms with van der Waals surface area (Å²) in [6.45, 7) is 5.34. The predicted octanol–water partition coefficient (Wildman–Crippen LogP) is 2.80. The van der Waals surface area contributed by atoms with Crippen LogP contribution in [-0.4, -0.2) is 18.7 Å². The molecule has 1 rings (SSSR count). The Balaban J connectivity index is 2.70. The van der Waals surface area contributed by atoms with E-state index in [4.69, 9.17) is 15.2 Å². The minimum Gasteiger partial charge on any atom is -0.482 e. The van der Waals surface area contributed by atoms with Crippen molar-refractivity contribution in [2.75, 3.05) is 6.61 Å². The van der Waals surface area contributed by atoms with Crippen LogP contribution in [0.4, 0.5) is 0 Å². The van der Waals surface area contributed by atoms with Crippen molar-refractivity contribution in [3.05, 3.63) is 28.2 Å². The van der Waals surface area contributed by atoms with Gasteiger partial charge in [0.1, 0.15) is 5.75 Å². The molecule has 0 heterocycles. The molecule has 0 aromatic heterocycles. The van der Waals surface area contributed by atoms with Gasteiger partial charge in [-0.1, -0.05) is 15.9 Å². The maximum absolute atomic E-state index is 11.4. The molecule has 1 aromatic rings. The van der Waals surface area contributed by atoms with Crippen LogP contribution < -0.4 is 10.5 Å². The zero-order chi connectivity index (χ0) is 13.7. The highest BCUT2D eigenvalue weighted by Crippen LogP contribution is 2.27. The van der Waals surface area contributed by atoms with Gasteiger partial charge in [0.25, 0.3) is 0 Å². The molecule has 1 aromatic carbocycles. The molecule has 5 heteroatoms. The quantitative estimate of drug-likeness (QED) is 0.849. The number of halogens is 1. The standard InChI is InChI=1S/C13H18BrNO3/c1-8(2)18-13(16)7-17-12-5-4-10(14)6-11(12)9(3)15/h4-6,8-9H,7,15H2,1-3H3/t9-/m1/s1. The second kappa shape index (κ2) is 6.75. The van der Waals surface area contributed by atoms with Crippen LogP contribution in [0.2, 0.25) is 0 Å². The lowest BCUT2D eigenvalue weighted by Gasteiger charge is -2.14. The first kappa shape index (κ1) is 15.0. The summed E-state index contributed by atoms with van der Waals surface area (Å²) in [7, 11) is 0. The minimum absolute atomic E-state index is 0.112. The molecule has 0 aliphatic rings. The second-order valence-corrected chi connectivity index (χ2v) is 5.21. The maximum Gasteiger partial charge on any atom is 0.344 e. The Labute approximate surface area is 116 Å². The summed E-state index contributed by atoms with van der Waals surface area (Å²) in [6, 6.07) is 5.34. The van der Waals surface area contributed by atoms with Gasteiger partial charge in [-0.25, -0.2) is 4.79 Å².